The Labute approximate surface area is 174 Å². The molecule has 0 radical (unpaired) electrons. The van der Waals surface area contributed by atoms with Crippen LogP contribution in [0.2, 0.25) is 0 Å². The van der Waals surface area contributed by atoms with E-state index in [1.165, 1.54) is 0 Å². The molecule has 0 aliphatic carbocycles. The van der Waals surface area contributed by atoms with Gasteiger partial charge in [0.25, 0.3) is 0 Å². The maximum atomic E-state index is 10.0. The second-order valence-corrected chi connectivity index (χ2v) is 7.27. The topological polar surface area (TPSA) is 77.4 Å². The predicted octanol–water partition coefficient (Wildman–Crippen LogP) is 3.77. The van der Waals surface area contributed by atoms with Crippen molar-refractivity contribution in [3.8, 4) is 17.2 Å². The molecular weight excluding hydrogens is 372 g/mol. The van der Waals surface area contributed by atoms with Crippen LogP contribution in [0.4, 0.5) is 0 Å². The van der Waals surface area contributed by atoms with E-state index in [-0.39, 0.29) is 6.61 Å². The second kappa shape index (κ2) is 12.3. The molecule has 162 valence electrons. The van der Waals surface area contributed by atoms with Crippen LogP contribution in [0.1, 0.15) is 32.8 Å². The molecule has 0 spiro atoms. The van der Waals surface area contributed by atoms with Crippen LogP contribution in [-0.2, 0) is 4.74 Å². The van der Waals surface area contributed by atoms with Crippen LogP contribution >= 0.6 is 0 Å². The first-order chi connectivity index (χ1) is 13.7. The highest BCUT2D eigenvalue weighted by Crippen LogP contribution is 2.39. The van der Waals surface area contributed by atoms with Crippen LogP contribution in [-0.4, -0.2) is 57.0 Å². The van der Waals surface area contributed by atoms with Crippen LogP contribution in [0, 0.1) is 0 Å². The summed E-state index contributed by atoms with van der Waals surface area (Å²) in [6.07, 6.45) is 7.90. The third kappa shape index (κ3) is 9.17. The number of ether oxygens (including phenoxy) is 4. The molecule has 6 nitrogen and oxygen atoms in total. The van der Waals surface area contributed by atoms with Crippen molar-refractivity contribution < 1.29 is 29.2 Å². The molecular formula is C23H34O6. The van der Waals surface area contributed by atoms with Gasteiger partial charge in [0.05, 0.1) is 33.0 Å². The van der Waals surface area contributed by atoms with Crippen LogP contribution < -0.4 is 14.2 Å². The SMILES string of the molecule is COCC(=CC(C)(C)O)CC(C)=CCOc1c(OC)cc(C=CCO)cc1OC. The summed E-state index contributed by atoms with van der Waals surface area (Å²) in [6, 6.07) is 3.65. The fourth-order valence-corrected chi connectivity index (χ4v) is 2.85. The lowest BCUT2D eigenvalue weighted by Crippen LogP contribution is -2.16. The summed E-state index contributed by atoms with van der Waals surface area (Å²) in [4.78, 5) is 0. The molecule has 2 N–H and O–H groups in total. The van der Waals surface area contributed by atoms with Gasteiger partial charge in [-0.25, -0.2) is 0 Å². The number of benzene rings is 1. The van der Waals surface area contributed by atoms with Gasteiger partial charge in [-0.3, -0.25) is 0 Å². The zero-order chi connectivity index (χ0) is 21.9. The third-order valence-electron chi connectivity index (χ3n) is 3.95. The maximum Gasteiger partial charge on any atom is 0.203 e. The summed E-state index contributed by atoms with van der Waals surface area (Å²) in [5.41, 5.74) is 2.05. The average molecular weight is 407 g/mol. The van der Waals surface area contributed by atoms with Crippen LogP contribution in [0.3, 0.4) is 0 Å². The minimum absolute atomic E-state index is 0.0417. The van der Waals surface area contributed by atoms with E-state index in [0.29, 0.717) is 36.9 Å². The molecule has 0 atom stereocenters. The Morgan fingerprint density at radius 3 is 2.21 bits per heavy atom. The highest BCUT2D eigenvalue weighted by molar-refractivity contribution is 5.62. The Hall–Kier alpha value is -2.28. The molecule has 0 fully saturated rings. The lowest BCUT2D eigenvalue weighted by atomic mass is 10.0. The number of allylic oxidation sites excluding steroid dienone is 1. The lowest BCUT2D eigenvalue weighted by molar-refractivity contribution is 0.129. The molecule has 0 saturated heterocycles. The summed E-state index contributed by atoms with van der Waals surface area (Å²) in [5.74, 6) is 1.62. The first-order valence-corrected chi connectivity index (χ1v) is 9.47. The van der Waals surface area contributed by atoms with Crippen molar-refractivity contribution in [2.45, 2.75) is 32.8 Å². The monoisotopic (exact) mass is 406 g/mol. The van der Waals surface area contributed by atoms with Gasteiger partial charge in [-0.2, -0.15) is 0 Å². The number of methoxy groups -OCH3 is 3. The molecule has 0 amide bonds. The number of hydrogen-bond donors (Lipinski definition) is 2. The van der Waals surface area contributed by atoms with Gasteiger partial charge in [-0.1, -0.05) is 23.8 Å². The third-order valence-corrected chi connectivity index (χ3v) is 3.95. The van der Waals surface area contributed by atoms with E-state index in [4.69, 9.17) is 24.1 Å². The summed E-state index contributed by atoms with van der Waals surface area (Å²) in [5, 5.41) is 19.0. The van der Waals surface area contributed by atoms with Crippen molar-refractivity contribution in [3.63, 3.8) is 0 Å². The largest absolute Gasteiger partial charge is 0.493 e. The molecule has 0 unspecified atom stereocenters. The Kier molecular flexibility index (Phi) is 10.5. The van der Waals surface area contributed by atoms with Crippen molar-refractivity contribution >= 4 is 6.08 Å². The normalized spacial score (nSPS) is 13.1. The zero-order valence-electron chi connectivity index (χ0n) is 18.3. The summed E-state index contributed by atoms with van der Waals surface area (Å²) >= 11 is 0. The molecule has 1 aromatic carbocycles. The van der Waals surface area contributed by atoms with Gasteiger partial charge >= 0.3 is 0 Å². The van der Waals surface area contributed by atoms with Gasteiger partial charge in [0.2, 0.25) is 5.75 Å². The molecule has 0 heterocycles. The fourth-order valence-electron chi connectivity index (χ4n) is 2.85. The van der Waals surface area contributed by atoms with E-state index in [1.54, 1.807) is 47.3 Å². The van der Waals surface area contributed by atoms with E-state index >= 15 is 0 Å². The molecule has 0 aliphatic rings. The van der Waals surface area contributed by atoms with Gasteiger partial charge < -0.3 is 29.2 Å². The molecule has 1 rings (SSSR count). The van der Waals surface area contributed by atoms with E-state index in [9.17, 15) is 5.11 Å². The first-order valence-electron chi connectivity index (χ1n) is 9.47. The number of rotatable bonds is 12. The minimum Gasteiger partial charge on any atom is -0.493 e. The molecule has 0 bridgehead atoms. The van der Waals surface area contributed by atoms with E-state index in [2.05, 4.69) is 0 Å². The second-order valence-electron chi connectivity index (χ2n) is 7.27. The zero-order valence-corrected chi connectivity index (χ0v) is 18.3. The Morgan fingerprint density at radius 2 is 1.72 bits per heavy atom. The van der Waals surface area contributed by atoms with Crippen molar-refractivity contribution in [2.75, 3.05) is 41.2 Å². The Bertz CT molecular complexity index is 700. The van der Waals surface area contributed by atoms with Gasteiger partial charge in [-0.05, 0) is 56.5 Å². The van der Waals surface area contributed by atoms with E-state index in [0.717, 1.165) is 16.7 Å². The minimum atomic E-state index is -0.891. The molecule has 29 heavy (non-hydrogen) atoms. The molecule has 1 aromatic rings. The van der Waals surface area contributed by atoms with Crippen molar-refractivity contribution in [2.24, 2.45) is 0 Å². The van der Waals surface area contributed by atoms with Crippen LogP contribution in [0.5, 0.6) is 17.2 Å². The quantitative estimate of drug-likeness (QED) is 0.515. The highest BCUT2D eigenvalue weighted by atomic mass is 16.5. The van der Waals surface area contributed by atoms with Crippen LogP contribution in [0.25, 0.3) is 6.08 Å². The van der Waals surface area contributed by atoms with E-state index < -0.39 is 5.60 Å². The number of hydrogen-bond acceptors (Lipinski definition) is 6. The van der Waals surface area contributed by atoms with Gasteiger partial charge in [0.15, 0.2) is 11.5 Å². The lowest BCUT2D eigenvalue weighted by Gasteiger charge is -2.16. The summed E-state index contributed by atoms with van der Waals surface area (Å²) < 4.78 is 22.0. The standard InChI is InChI=1S/C23H34O6/c1-17(12-19(16-26-4)15-23(2,3)25)9-11-29-22-20(27-5)13-18(8-7-10-24)14-21(22)28-6/h7-9,13-15,24-25H,10-12,16H2,1-6H3. The number of aliphatic hydroxyl groups is 2. The molecule has 0 aromatic heterocycles. The van der Waals surface area contributed by atoms with Crippen molar-refractivity contribution in [1.82, 2.24) is 0 Å². The van der Waals surface area contributed by atoms with E-state index in [1.807, 2.05) is 31.2 Å². The Balaban J connectivity index is 2.93. The molecule has 0 saturated carbocycles. The summed E-state index contributed by atoms with van der Waals surface area (Å²) in [7, 11) is 4.78. The number of aliphatic hydroxyl groups excluding tert-OH is 1. The first kappa shape index (κ1) is 24.8. The summed E-state index contributed by atoms with van der Waals surface area (Å²) in [6.45, 7) is 6.24. The smallest absolute Gasteiger partial charge is 0.203 e. The molecule has 6 heteroatoms. The maximum absolute atomic E-state index is 10.0. The Morgan fingerprint density at radius 1 is 1.10 bits per heavy atom. The van der Waals surface area contributed by atoms with Gasteiger partial charge in [0, 0.05) is 7.11 Å². The highest BCUT2D eigenvalue weighted by Gasteiger charge is 2.14. The predicted molar refractivity (Wildman–Crippen MR) is 116 cm³/mol. The van der Waals surface area contributed by atoms with Crippen molar-refractivity contribution in [1.29, 1.82) is 0 Å². The van der Waals surface area contributed by atoms with Gasteiger partial charge in [0.1, 0.15) is 6.61 Å². The van der Waals surface area contributed by atoms with Crippen LogP contribution in [0.15, 0.2) is 41.5 Å². The fraction of sp³-hybridized carbons (Fsp3) is 0.478. The van der Waals surface area contributed by atoms with Gasteiger partial charge in [-0.15, -0.1) is 0 Å². The average Bonchev–Trinajstić information content (AvgIpc) is 2.65. The molecule has 0 aliphatic heterocycles. The van der Waals surface area contributed by atoms with Crippen molar-refractivity contribution in [3.05, 3.63) is 47.1 Å².